The number of ether oxygens (including phenoxy) is 1. The summed E-state index contributed by atoms with van der Waals surface area (Å²) in [5.74, 6) is -0.965. The predicted octanol–water partition coefficient (Wildman–Crippen LogP) is 1.20. The largest absolute Gasteiger partial charge is 0.481 e. The Balaban J connectivity index is 1.92. The lowest BCUT2D eigenvalue weighted by Gasteiger charge is -2.24. The topological polar surface area (TPSA) is 92.9 Å². The molecular formula is C14H18N2O4. The van der Waals surface area contributed by atoms with Gasteiger partial charge in [-0.1, -0.05) is 30.3 Å². The van der Waals surface area contributed by atoms with E-state index < -0.39 is 18.1 Å². The van der Waals surface area contributed by atoms with Gasteiger partial charge in [0.25, 0.3) is 0 Å². The first kappa shape index (κ1) is 14.3. The van der Waals surface area contributed by atoms with Crippen LogP contribution in [0.5, 0.6) is 0 Å². The lowest BCUT2D eigenvalue weighted by atomic mass is 10.1. The van der Waals surface area contributed by atoms with Crippen molar-refractivity contribution in [2.75, 3.05) is 6.54 Å². The molecule has 1 saturated heterocycles. The molecule has 3 N–H and O–H groups in total. The Labute approximate surface area is 117 Å². The second kappa shape index (κ2) is 6.38. The van der Waals surface area contributed by atoms with Gasteiger partial charge in [-0.3, -0.25) is 4.79 Å². The van der Waals surface area contributed by atoms with Crippen LogP contribution in [0.25, 0.3) is 0 Å². The van der Waals surface area contributed by atoms with Crippen LogP contribution in [0.15, 0.2) is 30.3 Å². The van der Waals surface area contributed by atoms with E-state index in [1.807, 2.05) is 30.3 Å². The zero-order valence-electron chi connectivity index (χ0n) is 11.1. The van der Waals surface area contributed by atoms with Crippen molar-refractivity contribution < 1.29 is 19.4 Å². The summed E-state index contributed by atoms with van der Waals surface area (Å²) in [7, 11) is 0. The van der Waals surface area contributed by atoms with Crippen molar-refractivity contribution in [3.63, 3.8) is 0 Å². The minimum Gasteiger partial charge on any atom is -0.481 e. The molecule has 0 spiro atoms. The van der Waals surface area contributed by atoms with E-state index in [0.29, 0.717) is 13.0 Å². The number of amides is 1. The first-order valence-electron chi connectivity index (χ1n) is 6.52. The van der Waals surface area contributed by atoms with Gasteiger partial charge < -0.3 is 20.5 Å². The van der Waals surface area contributed by atoms with E-state index in [-0.39, 0.29) is 19.1 Å². The SMILES string of the molecule is N[C@H]1CCN(C(=O)OCc2ccccc2)[C@@H]1CC(=O)O. The maximum absolute atomic E-state index is 12.0. The third kappa shape index (κ3) is 3.48. The van der Waals surface area contributed by atoms with Crippen molar-refractivity contribution in [1.82, 2.24) is 4.90 Å². The van der Waals surface area contributed by atoms with Crippen LogP contribution in [-0.2, 0) is 16.1 Å². The highest BCUT2D eigenvalue weighted by Crippen LogP contribution is 2.20. The fourth-order valence-corrected chi connectivity index (χ4v) is 2.35. The minimum atomic E-state index is -0.965. The summed E-state index contributed by atoms with van der Waals surface area (Å²) in [5, 5.41) is 8.86. The van der Waals surface area contributed by atoms with Crippen LogP contribution in [0.1, 0.15) is 18.4 Å². The number of hydrogen-bond acceptors (Lipinski definition) is 4. The number of aliphatic carboxylic acids is 1. The summed E-state index contributed by atoms with van der Waals surface area (Å²) in [6.07, 6.45) is -0.0620. The summed E-state index contributed by atoms with van der Waals surface area (Å²) in [6, 6.07) is 8.53. The summed E-state index contributed by atoms with van der Waals surface area (Å²) in [4.78, 5) is 24.2. The molecule has 1 aromatic carbocycles. The van der Waals surface area contributed by atoms with Gasteiger partial charge in [-0.05, 0) is 12.0 Å². The van der Waals surface area contributed by atoms with Gasteiger partial charge in [0.15, 0.2) is 0 Å². The molecule has 1 heterocycles. The van der Waals surface area contributed by atoms with Gasteiger partial charge in [-0.2, -0.15) is 0 Å². The lowest BCUT2D eigenvalue weighted by molar-refractivity contribution is -0.138. The number of carboxylic acids is 1. The molecule has 1 aliphatic rings. The Morgan fingerprint density at radius 2 is 2.05 bits per heavy atom. The average Bonchev–Trinajstić information content (AvgIpc) is 2.78. The molecule has 6 nitrogen and oxygen atoms in total. The number of nitrogens with two attached hydrogens (primary N) is 1. The van der Waals surface area contributed by atoms with Crippen LogP contribution >= 0.6 is 0 Å². The molecule has 2 atom stereocenters. The van der Waals surface area contributed by atoms with Crippen molar-refractivity contribution in [3.05, 3.63) is 35.9 Å². The van der Waals surface area contributed by atoms with E-state index >= 15 is 0 Å². The molecule has 0 radical (unpaired) electrons. The van der Waals surface area contributed by atoms with Crippen LogP contribution in [0.4, 0.5) is 4.79 Å². The molecule has 1 fully saturated rings. The Bertz CT molecular complexity index is 477. The lowest BCUT2D eigenvalue weighted by Crippen LogP contribution is -2.44. The van der Waals surface area contributed by atoms with Crippen molar-refractivity contribution >= 4 is 12.1 Å². The van der Waals surface area contributed by atoms with Gasteiger partial charge in [-0.15, -0.1) is 0 Å². The van der Waals surface area contributed by atoms with Crippen molar-refractivity contribution in [1.29, 1.82) is 0 Å². The summed E-state index contributed by atoms with van der Waals surface area (Å²) in [5.41, 5.74) is 6.74. The number of nitrogens with zero attached hydrogens (tertiary/aromatic N) is 1. The van der Waals surface area contributed by atoms with Crippen LogP contribution in [0, 0.1) is 0 Å². The summed E-state index contributed by atoms with van der Waals surface area (Å²) >= 11 is 0. The van der Waals surface area contributed by atoms with Crippen molar-refractivity contribution in [2.24, 2.45) is 5.73 Å². The first-order chi connectivity index (χ1) is 9.58. The fraction of sp³-hybridized carbons (Fsp3) is 0.429. The standard InChI is InChI=1S/C14H18N2O4/c15-11-6-7-16(12(11)8-13(17)18)14(19)20-9-10-4-2-1-3-5-10/h1-5,11-12H,6-9,15H2,(H,17,18)/t11-,12+/m0/s1. The molecule has 2 rings (SSSR count). The van der Waals surface area contributed by atoms with Gasteiger partial charge in [0.1, 0.15) is 6.61 Å². The quantitative estimate of drug-likeness (QED) is 0.863. The number of likely N-dealkylation sites (tertiary alicyclic amines) is 1. The van der Waals surface area contributed by atoms with E-state index in [4.69, 9.17) is 15.6 Å². The smallest absolute Gasteiger partial charge is 0.410 e. The minimum absolute atomic E-state index is 0.151. The number of carboxylic acid groups (broad SMARTS) is 1. The van der Waals surface area contributed by atoms with Crippen molar-refractivity contribution in [3.8, 4) is 0 Å². The molecule has 108 valence electrons. The van der Waals surface area contributed by atoms with Crippen LogP contribution in [0.3, 0.4) is 0 Å². The van der Waals surface area contributed by atoms with Gasteiger partial charge >= 0.3 is 12.1 Å². The van der Waals surface area contributed by atoms with Gasteiger partial charge in [-0.25, -0.2) is 4.79 Å². The molecule has 0 aliphatic carbocycles. The zero-order chi connectivity index (χ0) is 14.5. The number of carbonyl (C=O) groups is 2. The fourth-order valence-electron chi connectivity index (χ4n) is 2.35. The predicted molar refractivity (Wildman–Crippen MR) is 72.0 cm³/mol. The van der Waals surface area contributed by atoms with Gasteiger partial charge in [0.2, 0.25) is 0 Å². The molecule has 0 aromatic heterocycles. The number of benzene rings is 1. The number of carbonyl (C=O) groups excluding carboxylic acids is 1. The highest BCUT2D eigenvalue weighted by atomic mass is 16.6. The Hall–Kier alpha value is -2.08. The molecule has 1 aromatic rings. The molecule has 1 aliphatic heterocycles. The maximum Gasteiger partial charge on any atom is 0.410 e. The van der Waals surface area contributed by atoms with Crippen LogP contribution < -0.4 is 5.73 Å². The molecule has 0 bridgehead atoms. The maximum atomic E-state index is 12.0. The molecule has 6 heteroatoms. The normalized spacial score (nSPS) is 21.8. The first-order valence-corrected chi connectivity index (χ1v) is 6.52. The summed E-state index contributed by atoms with van der Waals surface area (Å²) in [6.45, 7) is 0.609. The Morgan fingerprint density at radius 3 is 2.70 bits per heavy atom. The highest BCUT2D eigenvalue weighted by molar-refractivity contribution is 5.72. The van der Waals surface area contributed by atoms with E-state index in [9.17, 15) is 9.59 Å². The zero-order valence-corrected chi connectivity index (χ0v) is 11.1. The van der Waals surface area contributed by atoms with E-state index in [1.165, 1.54) is 4.90 Å². The van der Waals surface area contributed by atoms with Crippen LogP contribution in [0.2, 0.25) is 0 Å². The Morgan fingerprint density at radius 1 is 1.35 bits per heavy atom. The molecule has 20 heavy (non-hydrogen) atoms. The molecular weight excluding hydrogens is 260 g/mol. The van der Waals surface area contributed by atoms with Crippen LogP contribution in [-0.4, -0.2) is 40.7 Å². The third-order valence-electron chi connectivity index (χ3n) is 3.42. The number of hydrogen-bond donors (Lipinski definition) is 2. The highest BCUT2D eigenvalue weighted by Gasteiger charge is 2.37. The van der Waals surface area contributed by atoms with E-state index in [1.54, 1.807) is 0 Å². The number of rotatable bonds is 4. The average molecular weight is 278 g/mol. The monoisotopic (exact) mass is 278 g/mol. The van der Waals surface area contributed by atoms with E-state index in [0.717, 1.165) is 5.56 Å². The molecule has 0 saturated carbocycles. The van der Waals surface area contributed by atoms with E-state index in [2.05, 4.69) is 0 Å². The van der Waals surface area contributed by atoms with Crippen molar-refractivity contribution in [2.45, 2.75) is 31.5 Å². The second-order valence-corrected chi connectivity index (χ2v) is 4.85. The molecule has 0 unspecified atom stereocenters. The third-order valence-corrected chi connectivity index (χ3v) is 3.42. The molecule has 1 amide bonds. The van der Waals surface area contributed by atoms with Gasteiger partial charge in [0, 0.05) is 12.6 Å². The Kier molecular flexibility index (Phi) is 4.57. The second-order valence-electron chi connectivity index (χ2n) is 4.85. The summed E-state index contributed by atoms with van der Waals surface area (Å²) < 4.78 is 5.21. The van der Waals surface area contributed by atoms with Gasteiger partial charge in [0.05, 0.1) is 12.5 Å².